The predicted octanol–water partition coefficient (Wildman–Crippen LogP) is 1.38. The average molecular weight is 366 g/mol. The number of nitrogens with one attached hydrogen (secondary N) is 2. The molecule has 0 atom stereocenters. The minimum absolute atomic E-state index is 0.000991. The van der Waals surface area contributed by atoms with Crippen LogP contribution in [0.2, 0.25) is 0 Å². The summed E-state index contributed by atoms with van der Waals surface area (Å²) in [6.07, 6.45) is 1.45. The Balaban J connectivity index is 2.00. The van der Waals surface area contributed by atoms with Crippen molar-refractivity contribution in [2.24, 2.45) is 0 Å². The molecule has 134 valence electrons. The lowest BCUT2D eigenvalue weighted by atomic mass is 10.3. The highest BCUT2D eigenvalue weighted by Gasteiger charge is 2.15. The molecule has 0 saturated heterocycles. The topological polar surface area (TPSA) is 96.2 Å². The summed E-state index contributed by atoms with van der Waals surface area (Å²) in [5.41, 5.74) is 0.582. The van der Waals surface area contributed by atoms with E-state index in [9.17, 15) is 19.1 Å². The zero-order chi connectivity index (χ0) is 18.2. The van der Waals surface area contributed by atoms with Gasteiger partial charge >= 0.3 is 0 Å². The molecule has 0 unspecified atom stereocenters. The van der Waals surface area contributed by atoms with Gasteiger partial charge in [-0.2, -0.15) is 0 Å². The summed E-state index contributed by atoms with van der Waals surface area (Å²) in [4.78, 5) is 27.9. The average Bonchev–Trinajstić information content (AvgIpc) is 2.97. The maximum absolute atomic E-state index is 13.5. The number of anilines is 1. The van der Waals surface area contributed by atoms with E-state index < -0.39 is 11.7 Å². The van der Waals surface area contributed by atoms with Gasteiger partial charge in [0, 0.05) is 6.54 Å². The summed E-state index contributed by atoms with van der Waals surface area (Å²) < 4.78 is 15.1. The van der Waals surface area contributed by atoms with Crippen LogP contribution in [0.4, 0.5) is 10.1 Å². The van der Waals surface area contributed by atoms with Gasteiger partial charge in [-0.05, 0) is 19.1 Å². The molecule has 0 saturated carbocycles. The molecule has 0 aliphatic heterocycles. The van der Waals surface area contributed by atoms with Crippen molar-refractivity contribution in [3.05, 3.63) is 42.0 Å². The number of benzene rings is 1. The molecule has 0 fully saturated rings. The van der Waals surface area contributed by atoms with Crippen molar-refractivity contribution < 1.29 is 19.1 Å². The van der Waals surface area contributed by atoms with Crippen LogP contribution < -0.4 is 10.6 Å². The lowest BCUT2D eigenvalue weighted by molar-refractivity contribution is -0.121. The lowest BCUT2D eigenvalue weighted by Crippen LogP contribution is -2.28. The second-order valence-electron chi connectivity index (χ2n) is 5.05. The summed E-state index contributed by atoms with van der Waals surface area (Å²) in [5.74, 6) is -1.13. The molecule has 2 amide bonds. The summed E-state index contributed by atoms with van der Waals surface area (Å²) in [6.45, 7) is 2.03. The number of halogens is 1. The van der Waals surface area contributed by atoms with Crippen LogP contribution >= 0.6 is 11.8 Å². The van der Waals surface area contributed by atoms with Gasteiger partial charge < -0.3 is 20.3 Å². The number of carbonyl (C=O) groups is 2. The number of thioether (sulfide) groups is 1. The highest BCUT2D eigenvalue weighted by Crippen LogP contribution is 2.20. The minimum atomic E-state index is -0.513. The van der Waals surface area contributed by atoms with E-state index in [1.165, 1.54) is 24.4 Å². The third kappa shape index (κ3) is 5.30. The SMILES string of the molecule is CCNC(=O)Cn1c(CO)cnc1SCC(=O)Nc1ccccc1F. The number of aliphatic hydroxyl groups is 1. The highest BCUT2D eigenvalue weighted by atomic mass is 32.2. The number of carbonyl (C=O) groups excluding carboxylic acids is 2. The molecular weight excluding hydrogens is 347 g/mol. The Kier molecular flexibility index (Phi) is 6.96. The molecule has 0 aliphatic rings. The second-order valence-corrected chi connectivity index (χ2v) is 5.99. The van der Waals surface area contributed by atoms with Gasteiger partial charge in [0.25, 0.3) is 0 Å². The monoisotopic (exact) mass is 366 g/mol. The van der Waals surface area contributed by atoms with Crippen LogP contribution in [-0.2, 0) is 22.7 Å². The Hall–Kier alpha value is -2.39. The van der Waals surface area contributed by atoms with Crippen LogP contribution in [0.25, 0.3) is 0 Å². The standard InChI is InChI=1S/C16H19FN4O3S/c1-2-18-14(23)8-21-11(9-22)7-19-16(21)25-10-15(24)20-13-6-4-3-5-12(13)17/h3-7,22H,2,8-10H2,1H3,(H,18,23)(H,20,24). The molecule has 3 N–H and O–H groups in total. The van der Waals surface area contributed by atoms with E-state index in [-0.39, 0.29) is 30.5 Å². The minimum Gasteiger partial charge on any atom is -0.390 e. The summed E-state index contributed by atoms with van der Waals surface area (Å²) in [7, 11) is 0. The fourth-order valence-electron chi connectivity index (χ4n) is 2.08. The maximum Gasteiger partial charge on any atom is 0.240 e. The van der Waals surface area contributed by atoms with E-state index >= 15 is 0 Å². The molecule has 2 rings (SSSR count). The molecule has 1 aromatic heterocycles. The van der Waals surface area contributed by atoms with E-state index in [2.05, 4.69) is 15.6 Å². The molecule has 7 nitrogen and oxygen atoms in total. The number of imidazole rings is 1. The molecule has 9 heteroatoms. The predicted molar refractivity (Wildman–Crippen MR) is 92.6 cm³/mol. The number of hydrogen-bond donors (Lipinski definition) is 3. The van der Waals surface area contributed by atoms with Crippen LogP contribution in [-0.4, -0.2) is 38.8 Å². The summed E-state index contributed by atoms with van der Waals surface area (Å²) in [5, 5.41) is 14.9. The van der Waals surface area contributed by atoms with E-state index in [4.69, 9.17) is 0 Å². The lowest BCUT2D eigenvalue weighted by Gasteiger charge is -2.10. The van der Waals surface area contributed by atoms with Crippen molar-refractivity contribution in [1.82, 2.24) is 14.9 Å². The first-order valence-electron chi connectivity index (χ1n) is 7.64. The van der Waals surface area contributed by atoms with Crippen molar-refractivity contribution in [1.29, 1.82) is 0 Å². The van der Waals surface area contributed by atoms with Crippen LogP contribution in [0, 0.1) is 5.82 Å². The first kappa shape index (κ1) is 18.9. The molecule has 1 heterocycles. The van der Waals surface area contributed by atoms with E-state index in [0.29, 0.717) is 17.4 Å². The molecule has 0 aliphatic carbocycles. The van der Waals surface area contributed by atoms with Gasteiger partial charge in [-0.25, -0.2) is 9.37 Å². The molecule has 1 aromatic carbocycles. The number of para-hydroxylation sites is 1. The van der Waals surface area contributed by atoms with Gasteiger partial charge in [-0.1, -0.05) is 23.9 Å². The summed E-state index contributed by atoms with van der Waals surface area (Å²) >= 11 is 1.10. The van der Waals surface area contributed by atoms with Gasteiger partial charge in [0.15, 0.2) is 5.16 Å². The smallest absolute Gasteiger partial charge is 0.240 e. The van der Waals surface area contributed by atoms with Crippen LogP contribution in [0.1, 0.15) is 12.6 Å². The Labute approximate surface area is 148 Å². The number of nitrogens with zero attached hydrogens (tertiary/aromatic N) is 2. The number of aromatic nitrogens is 2. The van der Waals surface area contributed by atoms with E-state index in [0.717, 1.165) is 11.8 Å². The molecule has 2 aromatic rings. The van der Waals surface area contributed by atoms with Crippen molar-refractivity contribution in [3.63, 3.8) is 0 Å². The summed E-state index contributed by atoms with van der Waals surface area (Å²) in [6, 6.07) is 5.89. The quantitative estimate of drug-likeness (QED) is 0.614. The fraction of sp³-hybridized carbons (Fsp3) is 0.312. The van der Waals surface area contributed by atoms with Crippen LogP contribution in [0.15, 0.2) is 35.6 Å². The van der Waals surface area contributed by atoms with Crippen molar-refractivity contribution >= 4 is 29.3 Å². The highest BCUT2D eigenvalue weighted by molar-refractivity contribution is 7.99. The molecule has 0 bridgehead atoms. The Bertz CT molecular complexity index is 751. The van der Waals surface area contributed by atoms with Gasteiger partial charge in [-0.15, -0.1) is 0 Å². The van der Waals surface area contributed by atoms with Crippen molar-refractivity contribution in [2.75, 3.05) is 17.6 Å². The van der Waals surface area contributed by atoms with Crippen molar-refractivity contribution in [3.8, 4) is 0 Å². The van der Waals surface area contributed by atoms with Crippen LogP contribution in [0.5, 0.6) is 0 Å². The van der Waals surface area contributed by atoms with Gasteiger partial charge in [-0.3, -0.25) is 9.59 Å². The zero-order valence-electron chi connectivity index (χ0n) is 13.7. The van der Waals surface area contributed by atoms with E-state index in [1.807, 2.05) is 6.92 Å². The van der Waals surface area contributed by atoms with Gasteiger partial charge in [0.1, 0.15) is 12.4 Å². The maximum atomic E-state index is 13.5. The fourth-order valence-corrected chi connectivity index (χ4v) is 2.88. The number of aliphatic hydroxyl groups excluding tert-OH is 1. The Morgan fingerprint density at radius 1 is 1.32 bits per heavy atom. The molecule has 25 heavy (non-hydrogen) atoms. The molecule has 0 spiro atoms. The number of amides is 2. The van der Waals surface area contributed by atoms with Crippen molar-refractivity contribution in [2.45, 2.75) is 25.2 Å². The first-order chi connectivity index (χ1) is 12.0. The number of rotatable bonds is 8. The molecule has 0 radical (unpaired) electrons. The largest absolute Gasteiger partial charge is 0.390 e. The third-order valence-corrected chi connectivity index (χ3v) is 4.21. The zero-order valence-corrected chi connectivity index (χ0v) is 14.5. The first-order valence-corrected chi connectivity index (χ1v) is 8.62. The van der Waals surface area contributed by atoms with Crippen LogP contribution in [0.3, 0.4) is 0 Å². The second kappa shape index (κ2) is 9.19. The Morgan fingerprint density at radius 2 is 2.08 bits per heavy atom. The number of hydrogen-bond acceptors (Lipinski definition) is 5. The van der Waals surface area contributed by atoms with Gasteiger partial charge in [0.2, 0.25) is 11.8 Å². The number of likely N-dealkylation sites (N-methyl/N-ethyl adjacent to an activating group) is 1. The van der Waals surface area contributed by atoms with Gasteiger partial charge in [0.05, 0.1) is 29.9 Å². The molecular formula is C16H19FN4O3S. The van der Waals surface area contributed by atoms with E-state index in [1.54, 1.807) is 10.6 Å². The Morgan fingerprint density at radius 3 is 2.76 bits per heavy atom. The normalized spacial score (nSPS) is 10.5. The third-order valence-electron chi connectivity index (χ3n) is 3.22.